The molecule has 1 aromatic carbocycles. The number of aliphatic hydroxyl groups is 2. The van der Waals surface area contributed by atoms with Gasteiger partial charge in [0.25, 0.3) is 0 Å². The predicted molar refractivity (Wildman–Crippen MR) is 200 cm³/mol. The van der Waals surface area contributed by atoms with Crippen molar-refractivity contribution in [2.24, 2.45) is 34.5 Å². The van der Waals surface area contributed by atoms with Crippen LogP contribution in [0.4, 0.5) is 0 Å². The largest absolute Gasteiger partial charge is 0.417 e. The molecule has 0 bridgehead atoms. The summed E-state index contributed by atoms with van der Waals surface area (Å²) in [6, 6.07) is 7.10. The van der Waals surface area contributed by atoms with Crippen LogP contribution in [0.5, 0.6) is 0 Å². The van der Waals surface area contributed by atoms with Gasteiger partial charge in [-0.3, -0.25) is 0 Å². The summed E-state index contributed by atoms with van der Waals surface area (Å²) in [5, 5.41) is 23.9. The molecular formula is C42H65NO5Si. The first-order valence-corrected chi connectivity index (χ1v) is 22.2. The van der Waals surface area contributed by atoms with Gasteiger partial charge < -0.3 is 29.1 Å². The molecule has 1 spiro atoms. The Kier molecular flexibility index (Phi) is 8.43. The van der Waals surface area contributed by atoms with Crippen molar-refractivity contribution < 1.29 is 24.1 Å². The third kappa shape index (κ3) is 5.58. The van der Waals surface area contributed by atoms with Crippen molar-refractivity contribution in [2.75, 3.05) is 26.4 Å². The monoisotopic (exact) mass is 691 g/mol. The van der Waals surface area contributed by atoms with Crippen molar-refractivity contribution in [3.05, 3.63) is 46.7 Å². The Hall–Kier alpha value is -1.48. The number of hydrogen-bond acceptors (Lipinski definition) is 5. The summed E-state index contributed by atoms with van der Waals surface area (Å²) in [5.74, 6) is 1.06. The number of fused-ring (bicyclic) bond motifs is 6. The van der Waals surface area contributed by atoms with Gasteiger partial charge in [0.1, 0.15) is 0 Å². The normalized spacial score (nSPS) is 35.7. The zero-order valence-corrected chi connectivity index (χ0v) is 33.4. The van der Waals surface area contributed by atoms with Gasteiger partial charge in [0.15, 0.2) is 14.1 Å². The van der Waals surface area contributed by atoms with Crippen molar-refractivity contribution >= 4 is 19.2 Å². The Bertz CT molecular complexity index is 1620. The molecule has 3 N–H and O–H groups in total. The van der Waals surface area contributed by atoms with Crippen LogP contribution in [-0.2, 0) is 25.7 Å². The van der Waals surface area contributed by atoms with Crippen LogP contribution < -0.4 is 0 Å². The van der Waals surface area contributed by atoms with Crippen LogP contribution in [0.15, 0.2) is 29.8 Å². The van der Waals surface area contributed by atoms with Crippen LogP contribution in [0, 0.1) is 34.5 Å². The summed E-state index contributed by atoms with van der Waals surface area (Å²) < 4.78 is 19.9. The van der Waals surface area contributed by atoms with Gasteiger partial charge in [0.05, 0.1) is 18.8 Å². The second-order valence-corrected chi connectivity index (χ2v) is 25.0. The number of aliphatic hydroxyl groups excluding tert-OH is 1. The number of H-pyrrole nitrogens is 1. The molecule has 272 valence electrons. The average Bonchev–Trinajstić information content (AvgIpc) is 3.43. The van der Waals surface area contributed by atoms with Crippen molar-refractivity contribution in [1.29, 1.82) is 0 Å². The van der Waals surface area contributed by atoms with Gasteiger partial charge >= 0.3 is 0 Å². The molecule has 49 heavy (non-hydrogen) atoms. The number of aromatic amines is 1. The maximum Gasteiger partial charge on any atom is 0.191 e. The van der Waals surface area contributed by atoms with Crippen LogP contribution in [-0.4, -0.2) is 61.3 Å². The van der Waals surface area contributed by atoms with Gasteiger partial charge in [-0.15, -0.1) is 0 Å². The third-order valence-corrected chi connectivity index (χ3v) is 19.7. The van der Waals surface area contributed by atoms with Gasteiger partial charge in [-0.1, -0.05) is 66.2 Å². The molecule has 6 nitrogen and oxygen atoms in total. The Balaban J connectivity index is 1.26. The topological polar surface area (TPSA) is 83.9 Å². The molecule has 7 heteroatoms. The highest BCUT2D eigenvalue weighted by Crippen LogP contribution is 2.64. The molecule has 0 unspecified atom stereocenters. The van der Waals surface area contributed by atoms with E-state index in [2.05, 4.69) is 90.8 Å². The van der Waals surface area contributed by atoms with Crippen LogP contribution in [0.3, 0.4) is 0 Å². The van der Waals surface area contributed by atoms with E-state index in [4.69, 9.17) is 13.9 Å². The summed E-state index contributed by atoms with van der Waals surface area (Å²) >= 11 is 0. The highest BCUT2D eigenvalue weighted by Gasteiger charge is 2.60. The molecule has 1 aromatic heterocycles. The van der Waals surface area contributed by atoms with E-state index in [1.165, 1.54) is 33.3 Å². The lowest BCUT2D eigenvalue weighted by molar-refractivity contribution is -0.310. The summed E-state index contributed by atoms with van der Waals surface area (Å²) in [6.45, 7) is 27.4. The fourth-order valence-electron chi connectivity index (χ4n) is 10.4. The quantitative estimate of drug-likeness (QED) is 0.208. The van der Waals surface area contributed by atoms with Crippen LogP contribution in [0.1, 0.15) is 117 Å². The Labute approximate surface area is 296 Å². The molecular weight excluding hydrogens is 627 g/mol. The molecule has 0 radical (unpaired) electrons. The molecule has 7 rings (SSSR count). The molecule has 5 aliphatic rings. The molecule has 4 aliphatic carbocycles. The first-order chi connectivity index (χ1) is 22.6. The summed E-state index contributed by atoms with van der Waals surface area (Å²) in [6.07, 6.45) is 7.91. The van der Waals surface area contributed by atoms with Crippen molar-refractivity contribution in [2.45, 2.75) is 142 Å². The molecule has 1 saturated heterocycles. The number of allylic oxidation sites excluding steroid dienone is 1. The zero-order chi connectivity index (χ0) is 35.6. The van der Waals surface area contributed by atoms with E-state index in [0.717, 1.165) is 58.3 Å². The number of nitrogens with one attached hydrogen (secondary N) is 1. The minimum Gasteiger partial charge on any atom is -0.417 e. The third-order valence-electron chi connectivity index (χ3n) is 15.2. The highest BCUT2D eigenvalue weighted by atomic mass is 28.4. The number of rotatable bonds is 6. The maximum absolute atomic E-state index is 11.5. The number of aromatic nitrogens is 1. The average molecular weight is 692 g/mol. The summed E-state index contributed by atoms with van der Waals surface area (Å²) in [5.41, 5.74) is 5.53. The molecule has 2 heterocycles. The summed E-state index contributed by atoms with van der Waals surface area (Å²) in [4.78, 5) is 3.96. The van der Waals surface area contributed by atoms with Gasteiger partial charge in [-0.2, -0.15) is 0 Å². The van der Waals surface area contributed by atoms with E-state index < -0.39 is 19.7 Å². The standard InChI is InChI=1S/C42H65NO5Si/c1-37(2,3)49(10,11)48-23-27-18-26-12-15-33-31(35(26)36-30(27)19-32(36)39(6,7)45)20-34(43-33)41(9)29(22-44)14-13-28-21-42(17-16-40(28,41)8)46-24-38(4,5)25-47-42/h12-13,15,20,27,29-30,32,36,43-45H,14,16-19,21-25H2,1-11H3/t27-,29+,30-,32+,36+,40+,41-/m1/s1. The second kappa shape index (κ2) is 11.5. The molecule has 7 atom stereocenters. The molecule has 0 amide bonds. The Morgan fingerprint density at radius 2 is 1.71 bits per heavy atom. The second-order valence-electron chi connectivity index (χ2n) is 20.2. The fraction of sp³-hybridized carbons (Fsp3) is 0.762. The van der Waals surface area contributed by atoms with Crippen LogP contribution >= 0.6 is 0 Å². The maximum atomic E-state index is 11.5. The fourth-order valence-corrected chi connectivity index (χ4v) is 11.4. The van der Waals surface area contributed by atoms with Crippen molar-refractivity contribution in [1.82, 2.24) is 4.98 Å². The van der Waals surface area contributed by atoms with E-state index in [9.17, 15) is 10.2 Å². The number of ether oxygens (including phenoxy) is 2. The number of hydrogen-bond donors (Lipinski definition) is 3. The minimum atomic E-state index is -1.88. The lowest BCUT2D eigenvalue weighted by atomic mass is 9.47. The first-order valence-electron chi connectivity index (χ1n) is 19.2. The predicted octanol–water partition coefficient (Wildman–Crippen LogP) is 9.01. The van der Waals surface area contributed by atoms with Crippen molar-refractivity contribution in [3.8, 4) is 0 Å². The van der Waals surface area contributed by atoms with E-state index >= 15 is 0 Å². The minimum absolute atomic E-state index is 0.0361. The van der Waals surface area contributed by atoms with E-state index in [1.54, 1.807) is 0 Å². The SMILES string of the molecule is CC1(C)COC2(CC[C@@]3(C)C(=CC[C@@H](CO)[C@]3(C)c3cc4c5c(ccc4[nH]3)C[C@H](CO[Si](C)(C)C(C)(C)C)[C@H]3C[C@H](C(C)(C)O)[C@@H]53)C2)OC1. The summed E-state index contributed by atoms with van der Waals surface area (Å²) in [7, 11) is -1.88. The molecule has 1 aliphatic heterocycles. The van der Waals surface area contributed by atoms with Crippen molar-refractivity contribution in [3.63, 3.8) is 0 Å². The molecule has 3 fully saturated rings. The van der Waals surface area contributed by atoms with Gasteiger partial charge in [-0.05, 0) is 116 Å². The van der Waals surface area contributed by atoms with E-state index in [1.807, 2.05) is 13.8 Å². The highest BCUT2D eigenvalue weighted by molar-refractivity contribution is 6.74. The Morgan fingerprint density at radius 1 is 1.02 bits per heavy atom. The van der Waals surface area contributed by atoms with Crippen LogP contribution in [0.25, 0.3) is 10.9 Å². The van der Waals surface area contributed by atoms with Gasteiger partial charge in [-0.25, -0.2) is 0 Å². The lowest BCUT2D eigenvalue weighted by Gasteiger charge is -2.59. The van der Waals surface area contributed by atoms with Gasteiger partial charge in [0, 0.05) is 53.5 Å². The molecule has 2 aromatic rings. The first kappa shape index (κ1) is 35.9. The number of benzene rings is 1. The van der Waals surface area contributed by atoms with E-state index in [0.29, 0.717) is 17.8 Å². The smallest absolute Gasteiger partial charge is 0.191 e. The zero-order valence-electron chi connectivity index (χ0n) is 32.4. The van der Waals surface area contributed by atoms with E-state index in [-0.39, 0.29) is 39.7 Å². The Morgan fingerprint density at radius 3 is 2.35 bits per heavy atom. The van der Waals surface area contributed by atoms with Gasteiger partial charge in [0.2, 0.25) is 0 Å². The molecule has 2 saturated carbocycles. The lowest BCUT2D eigenvalue weighted by Crippen LogP contribution is -2.58. The van der Waals surface area contributed by atoms with Crippen LogP contribution in [0.2, 0.25) is 18.1 Å².